The molecular weight excluding hydrogens is 293 g/mol. The first-order chi connectivity index (χ1) is 8.05. The number of halogens is 3. The van der Waals surface area contributed by atoms with Crippen molar-refractivity contribution in [1.82, 2.24) is 4.90 Å². The van der Waals surface area contributed by atoms with Crippen molar-refractivity contribution in [2.24, 2.45) is 4.99 Å². The van der Waals surface area contributed by atoms with Crippen LogP contribution in [0, 0.1) is 0 Å². The van der Waals surface area contributed by atoms with E-state index in [1.807, 2.05) is 0 Å². The van der Waals surface area contributed by atoms with Gasteiger partial charge in [-0.15, -0.1) is 0 Å². The maximum absolute atomic E-state index is 12.7. The molecule has 2 atom stereocenters. The summed E-state index contributed by atoms with van der Waals surface area (Å²) in [5.74, 6) is 0. The molecule has 5 nitrogen and oxygen atoms in total. The summed E-state index contributed by atoms with van der Waals surface area (Å²) in [6, 6.07) is 0. The number of thioether (sulfide) groups is 1. The Morgan fingerprint density at radius 1 is 1.61 bits per heavy atom. The van der Waals surface area contributed by atoms with Crippen LogP contribution in [-0.2, 0) is 9.84 Å². The van der Waals surface area contributed by atoms with E-state index < -0.39 is 33.5 Å². The summed E-state index contributed by atoms with van der Waals surface area (Å²) in [4.78, 5) is 4.35. The fraction of sp³-hybridized carbons (Fsp3) is 0.625. The number of amidine groups is 1. The molecule has 0 radical (unpaired) electrons. The number of alkyl halides is 3. The van der Waals surface area contributed by atoms with E-state index in [1.54, 1.807) is 0 Å². The second kappa shape index (κ2) is 3.87. The van der Waals surface area contributed by atoms with Crippen molar-refractivity contribution in [2.75, 3.05) is 6.26 Å². The molecule has 0 saturated heterocycles. The third-order valence-electron chi connectivity index (χ3n) is 2.61. The maximum atomic E-state index is 12.7. The van der Waals surface area contributed by atoms with Crippen molar-refractivity contribution in [3.63, 3.8) is 0 Å². The summed E-state index contributed by atoms with van der Waals surface area (Å²) >= 11 is 0.835. The number of hydrogen-bond acceptors (Lipinski definition) is 6. The average molecular weight is 302 g/mol. The van der Waals surface area contributed by atoms with Crippen LogP contribution in [0.2, 0.25) is 0 Å². The van der Waals surface area contributed by atoms with E-state index in [2.05, 4.69) is 4.99 Å². The fourth-order valence-electron chi connectivity index (χ4n) is 1.67. The van der Waals surface area contributed by atoms with Gasteiger partial charge in [0.2, 0.25) is 0 Å². The minimum absolute atomic E-state index is 0.170. The van der Waals surface area contributed by atoms with Crippen LogP contribution in [0.1, 0.15) is 6.42 Å². The van der Waals surface area contributed by atoms with Crippen molar-refractivity contribution in [2.45, 2.75) is 23.7 Å². The van der Waals surface area contributed by atoms with Crippen LogP contribution in [0.3, 0.4) is 0 Å². The number of aliphatic hydroxyl groups is 1. The Kier molecular flexibility index (Phi) is 2.95. The molecule has 0 unspecified atom stereocenters. The van der Waals surface area contributed by atoms with Gasteiger partial charge in [0, 0.05) is 18.9 Å². The molecule has 0 bridgehead atoms. The van der Waals surface area contributed by atoms with E-state index in [1.165, 1.54) is 11.6 Å². The Labute approximate surface area is 105 Å². The number of aliphatic imine (C=N–C) groups is 1. The number of fused-ring (bicyclic) bond motifs is 1. The highest BCUT2D eigenvalue weighted by molar-refractivity contribution is 8.16. The highest BCUT2D eigenvalue weighted by Crippen LogP contribution is 2.43. The lowest BCUT2D eigenvalue weighted by molar-refractivity contribution is -0.262. The van der Waals surface area contributed by atoms with Crippen LogP contribution >= 0.6 is 11.8 Å². The first kappa shape index (κ1) is 13.7. The number of sulfone groups is 1. The van der Waals surface area contributed by atoms with E-state index in [0.717, 1.165) is 22.9 Å². The van der Waals surface area contributed by atoms with Gasteiger partial charge < -0.3 is 10.0 Å². The third kappa shape index (κ3) is 2.12. The van der Waals surface area contributed by atoms with Gasteiger partial charge in [0.15, 0.2) is 15.0 Å². The lowest BCUT2D eigenvalue weighted by Crippen LogP contribution is -2.55. The predicted molar refractivity (Wildman–Crippen MR) is 60.3 cm³/mol. The van der Waals surface area contributed by atoms with Crippen LogP contribution in [0.5, 0.6) is 0 Å². The summed E-state index contributed by atoms with van der Waals surface area (Å²) in [6.07, 6.45) is -3.89. The SMILES string of the molecule is CS(=O)(=O)[C@@H]1C[C@](O)(C(F)(F)F)N=C2SC=CN21. The summed E-state index contributed by atoms with van der Waals surface area (Å²) in [6.45, 7) is 0. The van der Waals surface area contributed by atoms with E-state index in [4.69, 9.17) is 0 Å². The smallest absolute Gasteiger partial charge is 0.362 e. The van der Waals surface area contributed by atoms with E-state index in [-0.39, 0.29) is 5.17 Å². The fourth-order valence-corrected chi connectivity index (χ4v) is 3.68. The summed E-state index contributed by atoms with van der Waals surface area (Å²) < 4.78 is 61.3. The summed E-state index contributed by atoms with van der Waals surface area (Å²) in [7, 11) is -3.79. The van der Waals surface area contributed by atoms with Crippen molar-refractivity contribution >= 4 is 26.8 Å². The molecule has 0 aromatic heterocycles. The molecule has 0 amide bonds. The normalized spacial score (nSPS) is 32.4. The first-order valence-electron chi connectivity index (χ1n) is 4.74. The Morgan fingerprint density at radius 3 is 2.72 bits per heavy atom. The van der Waals surface area contributed by atoms with Gasteiger partial charge in [-0.1, -0.05) is 11.8 Å². The molecule has 1 N–H and O–H groups in total. The van der Waals surface area contributed by atoms with Crippen molar-refractivity contribution in [1.29, 1.82) is 0 Å². The molecular formula is C8H9F3N2O3S2. The third-order valence-corrected chi connectivity index (χ3v) is 4.77. The maximum Gasteiger partial charge on any atom is 0.438 e. The van der Waals surface area contributed by atoms with Crippen LogP contribution in [0.15, 0.2) is 16.6 Å². The van der Waals surface area contributed by atoms with Crippen LogP contribution in [0.4, 0.5) is 13.2 Å². The molecule has 0 saturated carbocycles. The molecule has 2 aliphatic rings. The topological polar surface area (TPSA) is 70.0 Å². The molecule has 2 aliphatic heterocycles. The molecule has 102 valence electrons. The zero-order valence-electron chi connectivity index (χ0n) is 9.05. The molecule has 0 aliphatic carbocycles. The number of rotatable bonds is 1. The largest absolute Gasteiger partial charge is 0.438 e. The lowest BCUT2D eigenvalue weighted by Gasteiger charge is -2.38. The second-order valence-electron chi connectivity index (χ2n) is 4.01. The lowest BCUT2D eigenvalue weighted by atomic mass is 10.1. The van der Waals surface area contributed by atoms with Crippen molar-refractivity contribution < 1.29 is 26.7 Å². The van der Waals surface area contributed by atoms with Gasteiger partial charge in [0.1, 0.15) is 5.37 Å². The van der Waals surface area contributed by atoms with Gasteiger partial charge in [-0.2, -0.15) is 13.2 Å². The van der Waals surface area contributed by atoms with Crippen molar-refractivity contribution in [3.8, 4) is 0 Å². The Bertz CT molecular complexity index is 528. The zero-order valence-corrected chi connectivity index (χ0v) is 10.7. The number of hydrogen-bond donors (Lipinski definition) is 1. The monoisotopic (exact) mass is 302 g/mol. The molecule has 2 rings (SSSR count). The standard InChI is InChI=1S/C8H9F3N2O3S2/c1-18(15,16)5-4-7(14,8(9,10)11)12-6-13(5)2-3-17-6/h2-3,5,14H,4H2,1H3/t5-,7+/m1/s1. The highest BCUT2D eigenvalue weighted by atomic mass is 32.2. The van der Waals surface area contributed by atoms with E-state index >= 15 is 0 Å². The molecule has 10 heteroatoms. The van der Waals surface area contributed by atoms with Crippen LogP contribution in [0.25, 0.3) is 0 Å². The molecule has 0 aromatic rings. The molecule has 0 spiro atoms. The van der Waals surface area contributed by atoms with Crippen LogP contribution < -0.4 is 0 Å². The minimum atomic E-state index is -5.02. The number of nitrogens with zero attached hydrogens (tertiary/aromatic N) is 2. The quantitative estimate of drug-likeness (QED) is 0.779. The second-order valence-corrected chi connectivity index (χ2v) is 7.08. The Hall–Kier alpha value is -0.740. The van der Waals surface area contributed by atoms with Gasteiger partial charge in [-0.25, -0.2) is 13.4 Å². The minimum Gasteiger partial charge on any atom is -0.362 e. The van der Waals surface area contributed by atoms with E-state index in [9.17, 15) is 26.7 Å². The average Bonchev–Trinajstić information content (AvgIpc) is 2.60. The summed E-state index contributed by atoms with van der Waals surface area (Å²) in [5, 5.41) is 9.32. The molecule has 0 fully saturated rings. The van der Waals surface area contributed by atoms with Gasteiger partial charge in [0.25, 0.3) is 5.72 Å². The van der Waals surface area contributed by atoms with Crippen LogP contribution in [-0.4, -0.2) is 47.1 Å². The molecule has 18 heavy (non-hydrogen) atoms. The van der Waals surface area contributed by atoms with Gasteiger partial charge in [-0.3, -0.25) is 0 Å². The summed E-state index contributed by atoms with van der Waals surface area (Å²) in [5.41, 5.74) is -3.36. The Balaban J connectivity index is 2.50. The van der Waals surface area contributed by atoms with Gasteiger partial charge in [-0.05, 0) is 5.41 Å². The van der Waals surface area contributed by atoms with Crippen molar-refractivity contribution in [3.05, 3.63) is 11.6 Å². The van der Waals surface area contributed by atoms with Gasteiger partial charge in [0.05, 0.1) is 0 Å². The highest BCUT2D eigenvalue weighted by Gasteiger charge is 2.59. The van der Waals surface area contributed by atoms with E-state index in [0.29, 0.717) is 0 Å². The van der Waals surface area contributed by atoms with Gasteiger partial charge >= 0.3 is 6.18 Å². The Morgan fingerprint density at radius 2 is 2.22 bits per heavy atom. The molecule has 0 aromatic carbocycles. The predicted octanol–water partition coefficient (Wildman–Crippen LogP) is 0.888. The zero-order chi connectivity index (χ0) is 13.8. The molecule has 2 heterocycles. The first-order valence-corrected chi connectivity index (χ1v) is 7.57.